The largest absolute Gasteiger partial charge is 0.469 e. The summed E-state index contributed by atoms with van der Waals surface area (Å²) in [7, 11) is 1.41. The van der Waals surface area contributed by atoms with Gasteiger partial charge in [-0.3, -0.25) is 4.79 Å². The highest BCUT2D eigenvalue weighted by Gasteiger charge is 2.27. The first-order valence-corrected chi connectivity index (χ1v) is 7.02. The maximum absolute atomic E-state index is 13.0. The minimum Gasteiger partial charge on any atom is -0.469 e. The predicted octanol–water partition coefficient (Wildman–Crippen LogP) is 2.95. The molecule has 1 saturated carbocycles. The zero-order valence-electron chi connectivity index (χ0n) is 12.0. The molecule has 1 aromatic rings. The second-order valence-corrected chi connectivity index (χ2v) is 5.22. The van der Waals surface area contributed by atoms with Crippen LogP contribution in [-0.2, 0) is 20.9 Å². The van der Waals surface area contributed by atoms with Gasteiger partial charge < -0.3 is 9.47 Å². The molecule has 0 heterocycles. The van der Waals surface area contributed by atoms with Gasteiger partial charge in [-0.15, -0.1) is 0 Å². The molecule has 0 spiro atoms. The molecule has 0 amide bonds. The van der Waals surface area contributed by atoms with Crippen LogP contribution in [0.4, 0.5) is 4.39 Å². The van der Waals surface area contributed by atoms with Crippen LogP contribution >= 0.6 is 0 Å². The van der Waals surface area contributed by atoms with E-state index in [2.05, 4.69) is 0 Å². The molecule has 21 heavy (non-hydrogen) atoms. The van der Waals surface area contributed by atoms with Gasteiger partial charge in [-0.05, 0) is 43.4 Å². The zero-order valence-corrected chi connectivity index (χ0v) is 12.0. The summed E-state index contributed by atoms with van der Waals surface area (Å²) >= 11 is 0. The Morgan fingerprint density at radius 2 is 2.10 bits per heavy atom. The Kier molecular flexibility index (Phi) is 5.29. The standard InChI is InChI=1S/C16H18FNO3/c1-20-16(19)11-3-6-15(7-4-11)21-10-12-2-5-14(17)8-13(12)9-18/h2,5,8,11,15H,3-4,6-7,10H2,1H3. The number of nitrogens with zero attached hydrogens (tertiary/aromatic N) is 1. The molecule has 1 fully saturated rings. The Bertz CT molecular complexity index is 545. The first-order chi connectivity index (χ1) is 10.1. The van der Waals surface area contributed by atoms with Crippen LogP contribution in [0.1, 0.15) is 36.8 Å². The fraction of sp³-hybridized carbons (Fsp3) is 0.500. The molecule has 0 bridgehead atoms. The third-order valence-electron chi connectivity index (χ3n) is 3.88. The molecule has 0 atom stereocenters. The van der Waals surface area contributed by atoms with E-state index in [4.69, 9.17) is 14.7 Å². The van der Waals surface area contributed by atoms with Gasteiger partial charge in [0, 0.05) is 0 Å². The van der Waals surface area contributed by atoms with Gasteiger partial charge in [-0.1, -0.05) is 6.07 Å². The molecular weight excluding hydrogens is 273 g/mol. The van der Waals surface area contributed by atoms with Crippen molar-refractivity contribution < 1.29 is 18.7 Å². The summed E-state index contributed by atoms with van der Waals surface area (Å²) in [6, 6.07) is 6.09. The molecule has 5 heteroatoms. The molecule has 1 aliphatic carbocycles. The first-order valence-electron chi connectivity index (χ1n) is 7.02. The van der Waals surface area contributed by atoms with Gasteiger partial charge >= 0.3 is 5.97 Å². The number of carbonyl (C=O) groups is 1. The summed E-state index contributed by atoms with van der Waals surface area (Å²) < 4.78 is 23.6. The third-order valence-corrected chi connectivity index (χ3v) is 3.88. The topological polar surface area (TPSA) is 59.3 Å². The third kappa shape index (κ3) is 4.02. The maximum atomic E-state index is 13.0. The molecule has 0 radical (unpaired) electrons. The second kappa shape index (κ2) is 7.19. The highest BCUT2D eigenvalue weighted by atomic mass is 19.1. The average molecular weight is 291 g/mol. The number of ether oxygens (including phenoxy) is 2. The minimum absolute atomic E-state index is 0.0321. The van der Waals surface area contributed by atoms with Crippen LogP contribution in [-0.4, -0.2) is 19.2 Å². The number of hydrogen-bond donors (Lipinski definition) is 0. The van der Waals surface area contributed by atoms with Gasteiger partial charge in [0.05, 0.1) is 37.4 Å². The van der Waals surface area contributed by atoms with Gasteiger partial charge in [0.25, 0.3) is 0 Å². The van der Waals surface area contributed by atoms with Crippen molar-refractivity contribution in [3.8, 4) is 6.07 Å². The van der Waals surface area contributed by atoms with Crippen LogP contribution in [0.5, 0.6) is 0 Å². The molecule has 2 rings (SSSR count). The Balaban J connectivity index is 1.85. The molecule has 112 valence electrons. The van der Waals surface area contributed by atoms with E-state index in [9.17, 15) is 9.18 Å². The van der Waals surface area contributed by atoms with E-state index in [0.717, 1.165) is 25.7 Å². The summed E-state index contributed by atoms with van der Waals surface area (Å²) in [4.78, 5) is 11.4. The normalized spacial score (nSPS) is 21.6. The van der Waals surface area contributed by atoms with Crippen LogP contribution in [0, 0.1) is 23.1 Å². The van der Waals surface area contributed by atoms with E-state index in [0.29, 0.717) is 11.1 Å². The molecular formula is C16H18FNO3. The number of esters is 1. The highest BCUT2D eigenvalue weighted by Crippen LogP contribution is 2.28. The molecule has 0 N–H and O–H groups in total. The van der Waals surface area contributed by atoms with Gasteiger partial charge in [0.1, 0.15) is 5.82 Å². The molecule has 0 saturated heterocycles. The molecule has 0 aromatic heterocycles. The van der Waals surface area contributed by atoms with Crippen molar-refractivity contribution in [3.63, 3.8) is 0 Å². The van der Waals surface area contributed by atoms with Crippen molar-refractivity contribution in [2.24, 2.45) is 5.92 Å². The Morgan fingerprint density at radius 3 is 2.71 bits per heavy atom. The smallest absolute Gasteiger partial charge is 0.308 e. The van der Waals surface area contributed by atoms with Gasteiger partial charge in [0.2, 0.25) is 0 Å². The Labute approximate surface area is 123 Å². The van der Waals surface area contributed by atoms with Crippen molar-refractivity contribution >= 4 is 5.97 Å². The highest BCUT2D eigenvalue weighted by molar-refractivity contribution is 5.72. The van der Waals surface area contributed by atoms with Crippen molar-refractivity contribution in [2.75, 3.05) is 7.11 Å². The SMILES string of the molecule is COC(=O)C1CCC(OCc2ccc(F)cc2C#N)CC1. The van der Waals surface area contributed by atoms with Crippen LogP contribution in [0.3, 0.4) is 0 Å². The molecule has 0 aliphatic heterocycles. The predicted molar refractivity (Wildman–Crippen MR) is 73.7 cm³/mol. The van der Waals surface area contributed by atoms with Gasteiger partial charge in [0.15, 0.2) is 0 Å². The number of methoxy groups -OCH3 is 1. The van der Waals surface area contributed by atoms with E-state index in [-0.39, 0.29) is 24.6 Å². The van der Waals surface area contributed by atoms with E-state index in [1.54, 1.807) is 6.07 Å². The summed E-state index contributed by atoms with van der Waals surface area (Å²) in [5, 5.41) is 8.98. The summed E-state index contributed by atoms with van der Waals surface area (Å²) in [6.07, 6.45) is 3.17. The Morgan fingerprint density at radius 1 is 1.38 bits per heavy atom. The number of rotatable bonds is 4. The molecule has 4 nitrogen and oxygen atoms in total. The Hall–Kier alpha value is -1.93. The van der Waals surface area contributed by atoms with E-state index in [1.807, 2.05) is 6.07 Å². The monoisotopic (exact) mass is 291 g/mol. The van der Waals surface area contributed by atoms with Gasteiger partial charge in [-0.2, -0.15) is 5.26 Å². The van der Waals surface area contributed by atoms with Crippen molar-refractivity contribution in [1.29, 1.82) is 5.26 Å². The molecule has 1 aliphatic rings. The molecule has 1 aromatic carbocycles. The number of nitriles is 1. The number of hydrogen-bond acceptors (Lipinski definition) is 4. The van der Waals surface area contributed by atoms with Crippen molar-refractivity contribution in [1.82, 2.24) is 0 Å². The lowest BCUT2D eigenvalue weighted by molar-refractivity contribution is -0.147. The average Bonchev–Trinajstić information content (AvgIpc) is 2.53. The van der Waals surface area contributed by atoms with E-state index < -0.39 is 5.82 Å². The van der Waals surface area contributed by atoms with Crippen molar-refractivity contribution in [3.05, 3.63) is 35.1 Å². The number of carbonyl (C=O) groups excluding carboxylic acids is 1. The lowest BCUT2D eigenvalue weighted by Gasteiger charge is -2.27. The van der Waals surface area contributed by atoms with E-state index >= 15 is 0 Å². The van der Waals surface area contributed by atoms with E-state index in [1.165, 1.54) is 19.2 Å². The number of benzene rings is 1. The number of halogens is 1. The lowest BCUT2D eigenvalue weighted by atomic mass is 9.87. The minimum atomic E-state index is -0.422. The summed E-state index contributed by atoms with van der Waals surface area (Å²) in [6.45, 7) is 0.288. The fourth-order valence-corrected chi connectivity index (χ4v) is 2.62. The quantitative estimate of drug-likeness (QED) is 0.800. The lowest BCUT2D eigenvalue weighted by Crippen LogP contribution is -2.27. The zero-order chi connectivity index (χ0) is 15.2. The fourth-order valence-electron chi connectivity index (χ4n) is 2.62. The van der Waals surface area contributed by atoms with Crippen LogP contribution in [0.15, 0.2) is 18.2 Å². The molecule has 0 unspecified atom stereocenters. The first kappa shape index (κ1) is 15.5. The van der Waals surface area contributed by atoms with Crippen molar-refractivity contribution in [2.45, 2.75) is 38.4 Å². The van der Waals surface area contributed by atoms with Crippen LogP contribution in [0.25, 0.3) is 0 Å². The van der Waals surface area contributed by atoms with Gasteiger partial charge in [-0.25, -0.2) is 4.39 Å². The summed E-state index contributed by atoms with van der Waals surface area (Å²) in [5.41, 5.74) is 0.993. The maximum Gasteiger partial charge on any atom is 0.308 e. The summed E-state index contributed by atoms with van der Waals surface area (Å²) in [5.74, 6) is -0.608. The second-order valence-electron chi connectivity index (χ2n) is 5.22. The van der Waals surface area contributed by atoms with Crippen LogP contribution in [0.2, 0.25) is 0 Å². The van der Waals surface area contributed by atoms with Crippen LogP contribution < -0.4 is 0 Å².